The number of rotatable bonds is 6. The van der Waals surface area contributed by atoms with Crippen molar-refractivity contribution < 1.29 is 24.5 Å². The summed E-state index contributed by atoms with van der Waals surface area (Å²) in [6, 6.07) is 12.8. The van der Waals surface area contributed by atoms with Gasteiger partial charge in [0.1, 0.15) is 11.9 Å². The van der Waals surface area contributed by atoms with Gasteiger partial charge in [0, 0.05) is 28.2 Å². The van der Waals surface area contributed by atoms with Gasteiger partial charge in [-0.1, -0.05) is 22.0 Å². The average molecular weight is 431 g/mol. The molecule has 2 rings (SSSR count). The predicted octanol–water partition coefficient (Wildman–Crippen LogP) is 4.35. The summed E-state index contributed by atoms with van der Waals surface area (Å²) in [4.78, 5) is 22.9. The minimum atomic E-state index is -1.13. The molecule has 0 aliphatic rings. The van der Waals surface area contributed by atoms with Gasteiger partial charge in [0.2, 0.25) is 0 Å². The van der Waals surface area contributed by atoms with Crippen LogP contribution in [0.3, 0.4) is 0 Å². The van der Waals surface area contributed by atoms with Crippen LogP contribution in [0.1, 0.15) is 23.7 Å². The molecule has 7 nitrogen and oxygen atoms in total. The Hall–Kier alpha value is -3.31. The molecule has 0 saturated heterocycles. The Labute approximate surface area is 163 Å². The SMILES string of the molecule is N#Cc1ccc(NC(=O)O[C@H](C/C=C/C(=O)O)c2cc(Br)ccc2O)cc1. The third kappa shape index (κ3) is 6.17. The molecule has 0 aliphatic carbocycles. The maximum atomic E-state index is 12.2. The molecule has 1 atom stereocenters. The maximum Gasteiger partial charge on any atom is 0.412 e. The summed E-state index contributed by atoms with van der Waals surface area (Å²) in [7, 11) is 0. The Morgan fingerprint density at radius 3 is 2.59 bits per heavy atom. The fourth-order valence-corrected chi connectivity index (χ4v) is 2.60. The zero-order valence-corrected chi connectivity index (χ0v) is 15.5. The van der Waals surface area contributed by atoms with E-state index in [2.05, 4.69) is 21.2 Å². The van der Waals surface area contributed by atoms with Crippen LogP contribution in [0.4, 0.5) is 10.5 Å². The standard InChI is InChI=1S/C19H15BrN2O5/c20-13-6-9-16(23)15(10-13)17(2-1-3-18(24)25)27-19(26)22-14-7-4-12(11-21)5-8-14/h1,3-10,17,23H,2H2,(H,22,26)(H,24,25)/b3-1+/t17-/m1/s1. The molecule has 2 aromatic carbocycles. The maximum absolute atomic E-state index is 12.2. The van der Waals surface area contributed by atoms with Crippen LogP contribution in [0.2, 0.25) is 0 Å². The first-order chi connectivity index (χ1) is 12.9. The van der Waals surface area contributed by atoms with Crippen molar-refractivity contribution in [2.45, 2.75) is 12.5 Å². The quantitative estimate of drug-likeness (QED) is 0.585. The van der Waals surface area contributed by atoms with E-state index in [0.717, 1.165) is 6.08 Å². The Kier molecular flexibility index (Phi) is 6.97. The molecule has 8 heteroatoms. The summed E-state index contributed by atoms with van der Waals surface area (Å²) in [5.41, 5.74) is 1.20. The second-order valence-corrected chi connectivity index (χ2v) is 6.30. The Morgan fingerprint density at radius 2 is 1.96 bits per heavy atom. The van der Waals surface area contributed by atoms with Crippen molar-refractivity contribution in [3.8, 4) is 11.8 Å². The number of nitriles is 1. The summed E-state index contributed by atoms with van der Waals surface area (Å²) in [6.45, 7) is 0. The lowest BCUT2D eigenvalue weighted by Crippen LogP contribution is -2.17. The molecule has 0 unspecified atom stereocenters. The number of aromatic hydroxyl groups is 1. The smallest absolute Gasteiger partial charge is 0.412 e. The van der Waals surface area contributed by atoms with Crippen LogP contribution in [0.25, 0.3) is 0 Å². The average Bonchev–Trinajstić information content (AvgIpc) is 2.63. The normalized spacial score (nSPS) is 11.6. The van der Waals surface area contributed by atoms with Gasteiger partial charge in [-0.3, -0.25) is 5.32 Å². The number of phenolic OH excluding ortho intramolecular Hbond substituents is 1. The zero-order valence-electron chi connectivity index (χ0n) is 13.9. The van der Waals surface area contributed by atoms with Gasteiger partial charge in [-0.2, -0.15) is 5.26 Å². The van der Waals surface area contributed by atoms with E-state index in [1.165, 1.54) is 12.1 Å². The first kappa shape index (κ1) is 20.0. The second kappa shape index (κ2) is 9.40. The van der Waals surface area contributed by atoms with Crippen LogP contribution in [0.5, 0.6) is 5.75 Å². The summed E-state index contributed by atoms with van der Waals surface area (Å²) in [6.07, 6.45) is 0.632. The predicted molar refractivity (Wildman–Crippen MR) is 101 cm³/mol. The van der Waals surface area contributed by atoms with E-state index in [1.54, 1.807) is 36.4 Å². The number of hydrogen-bond donors (Lipinski definition) is 3. The van der Waals surface area contributed by atoms with Gasteiger partial charge in [0.25, 0.3) is 0 Å². The molecule has 0 aromatic heterocycles. The van der Waals surface area contributed by atoms with Gasteiger partial charge in [-0.05, 0) is 42.5 Å². The fourth-order valence-electron chi connectivity index (χ4n) is 2.22. The minimum absolute atomic E-state index is 0.0527. The number of phenols is 1. The molecule has 0 spiro atoms. The molecule has 138 valence electrons. The van der Waals surface area contributed by atoms with E-state index >= 15 is 0 Å². The molecule has 1 amide bonds. The number of amides is 1. The number of nitrogens with one attached hydrogen (secondary N) is 1. The van der Waals surface area contributed by atoms with Crippen LogP contribution in [-0.2, 0) is 9.53 Å². The number of halogens is 1. The molecule has 0 radical (unpaired) electrons. The number of carbonyl (C=O) groups is 2. The molecule has 27 heavy (non-hydrogen) atoms. The van der Waals surface area contributed by atoms with E-state index in [9.17, 15) is 14.7 Å². The zero-order chi connectivity index (χ0) is 19.8. The third-order valence-corrected chi connectivity index (χ3v) is 3.95. The molecule has 3 N–H and O–H groups in total. The van der Waals surface area contributed by atoms with Gasteiger partial charge in [0.15, 0.2) is 0 Å². The van der Waals surface area contributed by atoms with Crippen LogP contribution in [0.15, 0.2) is 59.1 Å². The minimum Gasteiger partial charge on any atom is -0.508 e. The number of benzene rings is 2. The summed E-state index contributed by atoms with van der Waals surface area (Å²) in [5, 5.41) is 30.1. The Bertz CT molecular complexity index is 903. The molecule has 0 aliphatic heterocycles. The number of aliphatic carboxylic acids is 1. The molecular formula is C19H15BrN2O5. The molecule has 0 fully saturated rings. The topological polar surface area (TPSA) is 120 Å². The number of anilines is 1. The van der Waals surface area contributed by atoms with E-state index in [1.807, 2.05) is 6.07 Å². The molecule has 0 saturated carbocycles. The lowest BCUT2D eigenvalue weighted by Gasteiger charge is -2.18. The lowest BCUT2D eigenvalue weighted by molar-refractivity contribution is -0.131. The van der Waals surface area contributed by atoms with Crippen LogP contribution in [0, 0.1) is 11.3 Å². The monoisotopic (exact) mass is 430 g/mol. The van der Waals surface area contributed by atoms with Crippen LogP contribution in [-0.4, -0.2) is 22.3 Å². The second-order valence-electron chi connectivity index (χ2n) is 5.39. The highest BCUT2D eigenvalue weighted by molar-refractivity contribution is 9.10. The Balaban J connectivity index is 2.16. The Morgan fingerprint density at radius 1 is 1.26 bits per heavy atom. The molecule has 0 bridgehead atoms. The number of carboxylic acids is 1. The van der Waals surface area contributed by atoms with Crippen LogP contribution < -0.4 is 5.32 Å². The highest BCUT2D eigenvalue weighted by atomic mass is 79.9. The van der Waals surface area contributed by atoms with E-state index in [4.69, 9.17) is 15.1 Å². The van der Waals surface area contributed by atoms with Crippen molar-refractivity contribution in [3.05, 3.63) is 70.2 Å². The number of ether oxygens (including phenoxy) is 1. The first-order valence-electron chi connectivity index (χ1n) is 7.74. The summed E-state index contributed by atoms with van der Waals surface area (Å²) >= 11 is 3.28. The number of nitrogens with zero attached hydrogens (tertiary/aromatic N) is 1. The fraction of sp³-hybridized carbons (Fsp3) is 0.105. The van der Waals surface area contributed by atoms with E-state index < -0.39 is 18.2 Å². The largest absolute Gasteiger partial charge is 0.508 e. The van der Waals surface area contributed by atoms with E-state index in [0.29, 0.717) is 21.3 Å². The van der Waals surface area contributed by atoms with Crippen molar-refractivity contribution in [3.63, 3.8) is 0 Å². The van der Waals surface area contributed by atoms with Crippen molar-refractivity contribution in [1.29, 1.82) is 5.26 Å². The summed E-state index contributed by atoms with van der Waals surface area (Å²) < 4.78 is 6.04. The first-order valence-corrected chi connectivity index (χ1v) is 8.54. The van der Waals surface area contributed by atoms with Crippen LogP contribution >= 0.6 is 15.9 Å². The number of carboxylic acid groups (broad SMARTS) is 1. The van der Waals surface area contributed by atoms with Crippen molar-refractivity contribution in [1.82, 2.24) is 0 Å². The molecule has 0 heterocycles. The van der Waals surface area contributed by atoms with Gasteiger partial charge in [-0.25, -0.2) is 9.59 Å². The van der Waals surface area contributed by atoms with E-state index in [-0.39, 0.29) is 12.2 Å². The van der Waals surface area contributed by atoms with Gasteiger partial charge in [-0.15, -0.1) is 0 Å². The van der Waals surface area contributed by atoms with Gasteiger partial charge >= 0.3 is 12.1 Å². The number of hydrogen-bond acceptors (Lipinski definition) is 5. The molecular weight excluding hydrogens is 416 g/mol. The molecule has 2 aromatic rings. The lowest BCUT2D eigenvalue weighted by atomic mass is 10.1. The highest BCUT2D eigenvalue weighted by Crippen LogP contribution is 2.32. The van der Waals surface area contributed by atoms with Gasteiger partial charge in [0.05, 0.1) is 11.6 Å². The van der Waals surface area contributed by atoms with Crippen molar-refractivity contribution in [2.75, 3.05) is 5.32 Å². The third-order valence-electron chi connectivity index (χ3n) is 3.46. The number of carbonyl (C=O) groups excluding carboxylic acids is 1. The highest BCUT2D eigenvalue weighted by Gasteiger charge is 2.20. The van der Waals surface area contributed by atoms with Crippen molar-refractivity contribution >= 4 is 33.7 Å². The summed E-state index contributed by atoms with van der Waals surface area (Å²) in [5.74, 6) is -1.22. The van der Waals surface area contributed by atoms with Crippen molar-refractivity contribution in [2.24, 2.45) is 0 Å². The van der Waals surface area contributed by atoms with Gasteiger partial charge < -0.3 is 14.9 Å².